The number of thiol groups is 1. The fraction of sp³-hybridized carbons (Fsp3) is 0. The fourth-order valence-corrected chi connectivity index (χ4v) is 3.53. The lowest BCUT2D eigenvalue weighted by atomic mass is 10.00. The van der Waals surface area contributed by atoms with E-state index in [1.165, 1.54) is 6.21 Å². The summed E-state index contributed by atoms with van der Waals surface area (Å²) in [5.41, 5.74) is 11.1. The van der Waals surface area contributed by atoms with Crippen molar-refractivity contribution < 1.29 is 9.90 Å². The Labute approximate surface area is 178 Å². The lowest BCUT2D eigenvalue weighted by Crippen LogP contribution is -2.03. The summed E-state index contributed by atoms with van der Waals surface area (Å²) in [6.45, 7) is 0. The summed E-state index contributed by atoms with van der Waals surface area (Å²) < 4.78 is 0. The fourth-order valence-electron chi connectivity index (χ4n) is 3.29. The van der Waals surface area contributed by atoms with Crippen molar-refractivity contribution in [3.8, 4) is 11.1 Å². The minimum absolute atomic E-state index is 0.168. The van der Waals surface area contributed by atoms with Gasteiger partial charge < -0.3 is 21.6 Å². The summed E-state index contributed by atoms with van der Waals surface area (Å²) in [4.78, 5) is 16.6. The van der Waals surface area contributed by atoms with Crippen LogP contribution in [0, 0.1) is 5.41 Å². The first-order valence-corrected chi connectivity index (χ1v) is 9.54. The van der Waals surface area contributed by atoms with Gasteiger partial charge in [0, 0.05) is 33.9 Å². The van der Waals surface area contributed by atoms with Gasteiger partial charge in [-0.3, -0.25) is 4.98 Å². The predicted octanol–water partition coefficient (Wildman–Crippen LogP) is 5.21. The van der Waals surface area contributed by atoms with Crippen LogP contribution in [-0.4, -0.2) is 22.3 Å². The summed E-state index contributed by atoms with van der Waals surface area (Å²) in [5.74, 6) is -1.01. The van der Waals surface area contributed by atoms with Crippen molar-refractivity contribution in [3.05, 3.63) is 78.0 Å². The number of rotatable bonds is 5. The first-order chi connectivity index (χ1) is 14.5. The van der Waals surface area contributed by atoms with Gasteiger partial charge in [-0.25, -0.2) is 4.79 Å². The molecular formula is C23H18N4O2S. The van der Waals surface area contributed by atoms with Crippen LogP contribution < -0.4 is 11.1 Å². The molecule has 4 rings (SSSR count). The summed E-state index contributed by atoms with van der Waals surface area (Å²) >= 11 is 4.54. The quantitative estimate of drug-likeness (QED) is 0.175. The molecule has 148 valence electrons. The Kier molecular flexibility index (Phi) is 5.12. The summed E-state index contributed by atoms with van der Waals surface area (Å²) in [7, 11) is 0. The third-order valence-electron chi connectivity index (χ3n) is 4.84. The Morgan fingerprint density at radius 1 is 1.10 bits per heavy atom. The second-order valence-corrected chi connectivity index (χ2v) is 7.20. The van der Waals surface area contributed by atoms with Crippen molar-refractivity contribution >= 4 is 52.8 Å². The monoisotopic (exact) mass is 414 g/mol. The van der Waals surface area contributed by atoms with E-state index in [-0.39, 0.29) is 5.56 Å². The summed E-state index contributed by atoms with van der Waals surface area (Å²) in [6, 6.07) is 18.1. The topological polar surface area (TPSA) is 112 Å². The van der Waals surface area contributed by atoms with Crippen LogP contribution in [0.5, 0.6) is 0 Å². The molecule has 0 spiro atoms. The Morgan fingerprint density at radius 2 is 1.83 bits per heavy atom. The number of carboxylic acids is 1. The molecule has 0 amide bonds. The first-order valence-electron chi connectivity index (χ1n) is 9.09. The van der Waals surface area contributed by atoms with E-state index in [0.29, 0.717) is 27.5 Å². The molecule has 5 N–H and O–H groups in total. The van der Waals surface area contributed by atoms with Crippen molar-refractivity contribution in [2.24, 2.45) is 0 Å². The number of aromatic carboxylic acids is 1. The number of carboxylic acid groups (broad SMARTS) is 1. The van der Waals surface area contributed by atoms with E-state index in [9.17, 15) is 9.90 Å². The number of fused-ring (bicyclic) bond motifs is 1. The molecule has 6 nitrogen and oxygen atoms in total. The van der Waals surface area contributed by atoms with E-state index in [1.54, 1.807) is 36.5 Å². The average molecular weight is 414 g/mol. The van der Waals surface area contributed by atoms with Gasteiger partial charge in [-0.2, -0.15) is 0 Å². The molecule has 0 aliphatic heterocycles. The third-order valence-corrected chi connectivity index (χ3v) is 5.18. The van der Waals surface area contributed by atoms with E-state index < -0.39 is 5.97 Å². The van der Waals surface area contributed by atoms with Gasteiger partial charge in [0.2, 0.25) is 0 Å². The predicted molar refractivity (Wildman–Crippen MR) is 123 cm³/mol. The molecule has 0 saturated heterocycles. The number of carbonyl (C=O) groups is 1. The number of hydrogen-bond acceptors (Lipinski definition) is 6. The molecular weight excluding hydrogens is 396 g/mol. The number of nitrogens with one attached hydrogen (secondary N) is 2. The minimum Gasteiger partial charge on any atom is -0.478 e. The maximum absolute atomic E-state index is 11.6. The van der Waals surface area contributed by atoms with E-state index in [4.69, 9.17) is 11.1 Å². The van der Waals surface area contributed by atoms with Gasteiger partial charge in [-0.1, -0.05) is 30.3 Å². The molecule has 0 saturated carbocycles. The highest BCUT2D eigenvalue weighted by Crippen LogP contribution is 2.35. The zero-order valence-electron chi connectivity index (χ0n) is 15.8. The number of nitrogens with two attached hydrogens (primary N) is 1. The first kappa shape index (κ1) is 19.5. The minimum atomic E-state index is -1.01. The van der Waals surface area contributed by atoms with Gasteiger partial charge in [0.25, 0.3) is 0 Å². The molecule has 1 aromatic heterocycles. The molecule has 0 unspecified atom stereocenters. The molecule has 0 aliphatic rings. The maximum atomic E-state index is 11.6. The van der Waals surface area contributed by atoms with E-state index >= 15 is 0 Å². The van der Waals surface area contributed by atoms with Gasteiger partial charge >= 0.3 is 5.97 Å². The maximum Gasteiger partial charge on any atom is 0.337 e. The van der Waals surface area contributed by atoms with E-state index in [1.807, 2.05) is 30.3 Å². The molecule has 0 atom stereocenters. The number of para-hydroxylation sites is 1. The van der Waals surface area contributed by atoms with Crippen molar-refractivity contribution in [2.75, 3.05) is 11.1 Å². The van der Waals surface area contributed by atoms with Crippen LogP contribution >= 0.6 is 12.6 Å². The van der Waals surface area contributed by atoms with Crippen LogP contribution in [0.15, 0.2) is 71.8 Å². The molecule has 0 aliphatic carbocycles. The highest BCUT2D eigenvalue weighted by atomic mass is 32.1. The molecule has 4 aromatic rings. The smallest absolute Gasteiger partial charge is 0.337 e. The molecule has 30 heavy (non-hydrogen) atoms. The van der Waals surface area contributed by atoms with Gasteiger partial charge in [0.05, 0.1) is 22.5 Å². The van der Waals surface area contributed by atoms with Crippen LogP contribution in [-0.2, 0) is 0 Å². The SMILES string of the molecule is N=Cc1ccc(-c2ccc3ncc(S)c(Nc4ccccc4C(=O)O)c3c2)cc1N. The highest BCUT2D eigenvalue weighted by molar-refractivity contribution is 7.80. The second-order valence-electron chi connectivity index (χ2n) is 6.71. The Hall–Kier alpha value is -3.84. The molecule has 0 fully saturated rings. The van der Waals surface area contributed by atoms with Gasteiger partial charge in [-0.05, 0) is 41.5 Å². The standard InChI is InChI=1S/C23H18N4O2S/c24-11-15-6-5-14(10-18(15)25)13-7-8-19-17(9-13)22(21(30)12-26-19)27-20-4-2-1-3-16(20)23(28)29/h1-12,24,30H,25H2,(H,26,27)(H,28,29). The largest absolute Gasteiger partial charge is 0.478 e. The summed E-state index contributed by atoms with van der Waals surface area (Å²) in [5, 5.41) is 20.9. The van der Waals surface area contributed by atoms with Crippen molar-refractivity contribution in [2.45, 2.75) is 4.90 Å². The van der Waals surface area contributed by atoms with Crippen LogP contribution in [0.3, 0.4) is 0 Å². The Morgan fingerprint density at radius 3 is 2.57 bits per heavy atom. The lowest BCUT2D eigenvalue weighted by Gasteiger charge is -2.15. The zero-order valence-corrected chi connectivity index (χ0v) is 16.6. The van der Waals surface area contributed by atoms with Crippen molar-refractivity contribution in [3.63, 3.8) is 0 Å². The number of aromatic nitrogens is 1. The van der Waals surface area contributed by atoms with E-state index in [0.717, 1.165) is 22.0 Å². The number of nitrogen functional groups attached to an aromatic ring is 1. The molecule has 0 radical (unpaired) electrons. The van der Waals surface area contributed by atoms with Crippen molar-refractivity contribution in [1.82, 2.24) is 4.98 Å². The second kappa shape index (κ2) is 7.88. The van der Waals surface area contributed by atoms with Crippen molar-refractivity contribution in [1.29, 1.82) is 5.41 Å². The number of nitrogens with zero attached hydrogens (tertiary/aromatic N) is 1. The van der Waals surface area contributed by atoms with Crippen LogP contribution in [0.25, 0.3) is 22.0 Å². The zero-order chi connectivity index (χ0) is 21.3. The summed E-state index contributed by atoms with van der Waals surface area (Å²) in [6.07, 6.45) is 2.85. The van der Waals surface area contributed by atoms with E-state index in [2.05, 4.69) is 22.9 Å². The Balaban J connectivity index is 1.85. The number of pyridine rings is 1. The van der Waals surface area contributed by atoms with Gasteiger partial charge in [0.15, 0.2) is 0 Å². The normalized spacial score (nSPS) is 10.7. The highest BCUT2D eigenvalue weighted by Gasteiger charge is 2.14. The van der Waals surface area contributed by atoms with Crippen LogP contribution in [0.4, 0.5) is 17.1 Å². The van der Waals surface area contributed by atoms with Crippen LogP contribution in [0.1, 0.15) is 15.9 Å². The van der Waals surface area contributed by atoms with Crippen LogP contribution in [0.2, 0.25) is 0 Å². The average Bonchev–Trinajstić information content (AvgIpc) is 2.75. The molecule has 3 aromatic carbocycles. The third kappa shape index (κ3) is 3.58. The number of hydrogen-bond donors (Lipinski definition) is 5. The lowest BCUT2D eigenvalue weighted by molar-refractivity contribution is 0.0698. The molecule has 0 bridgehead atoms. The molecule has 1 heterocycles. The number of anilines is 3. The van der Waals surface area contributed by atoms with Gasteiger partial charge in [-0.15, -0.1) is 12.6 Å². The Bertz CT molecular complexity index is 1300. The number of benzene rings is 3. The van der Waals surface area contributed by atoms with Gasteiger partial charge in [0.1, 0.15) is 0 Å². The molecule has 7 heteroatoms.